The molecular formula is C52H75N3O9. The largest absolute Gasteiger partial charge is 0.461 e. The predicted octanol–water partition coefficient (Wildman–Crippen LogP) is 8.19. The van der Waals surface area contributed by atoms with Crippen molar-refractivity contribution >= 4 is 29.6 Å². The summed E-state index contributed by atoms with van der Waals surface area (Å²) < 4.78 is 26.6. The first kappa shape index (κ1) is 50.9. The minimum absolute atomic E-state index is 0.0769. The second kappa shape index (κ2) is 22.4. The van der Waals surface area contributed by atoms with Crippen LogP contribution in [0.5, 0.6) is 0 Å². The summed E-state index contributed by atoms with van der Waals surface area (Å²) in [5.41, 5.74) is 1.21. The van der Waals surface area contributed by atoms with Gasteiger partial charge in [0.2, 0.25) is 5.91 Å². The van der Waals surface area contributed by atoms with Gasteiger partial charge in [-0.25, -0.2) is 4.99 Å². The van der Waals surface area contributed by atoms with Crippen LogP contribution in [-0.4, -0.2) is 106 Å². The molecule has 1 aromatic carbocycles. The summed E-state index contributed by atoms with van der Waals surface area (Å²) in [7, 11) is 3.85. The first-order valence-corrected chi connectivity index (χ1v) is 23.4. The van der Waals surface area contributed by atoms with Crippen LogP contribution >= 0.6 is 0 Å². The quantitative estimate of drug-likeness (QED) is 0.234. The zero-order chi connectivity index (χ0) is 46.9. The third-order valence-electron chi connectivity index (χ3n) is 14.3. The molecule has 2 aromatic rings. The number of aliphatic hydroxyl groups excluding tert-OH is 1. The van der Waals surface area contributed by atoms with Gasteiger partial charge in [-0.1, -0.05) is 94.8 Å². The number of hydrogen-bond donors (Lipinski definition) is 2. The number of aromatic nitrogens is 1. The zero-order valence-electron chi connectivity index (χ0n) is 40.1. The summed E-state index contributed by atoms with van der Waals surface area (Å²) in [6, 6.07) is 13.4. The third kappa shape index (κ3) is 12.6. The lowest BCUT2D eigenvalue weighted by Gasteiger charge is -2.49. The van der Waals surface area contributed by atoms with Gasteiger partial charge in [0.15, 0.2) is 6.29 Å². The summed E-state index contributed by atoms with van der Waals surface area (Å²) >= 11 is 0. The number of fused-ring (bicyclic) bond motifs is 5. The van der Waals surface area contributed by atoms with Crippen molar-refractivity contribution in [1.29, 1.82) is 0 Å². The highest BCUT2D eigenvalue weighted by Crippen LogP contribution is 2.48. The number of benzene rings is 1. The Morgan fingerprint density at radius 3 is 2.39 bits per heavy atom. The average molecular weight is 886 g/mol. The molecule has 12 heteroatoms. The Labute approximate surface area is 381 Å². The average Bonchev–Trinajstić information content (AvgIpc) is 3.26. The number of carbonyl (C=O) groups is 3. The monoisotopic (exact) mass is 886 g/mol. The van der Waals surface area contributed by atoms with E-state index in [9.17, 15) is 24.6 Å². The number of ether oxygens (including phenoxy) is 4. The van der Waals surface area contributed by atoms with Crippen LogP contribution in [0.4, 0.5) is 0 Å². The lowest BCUT2D eigenvalue weighted by atomic mass is 9.65. The number of rotatable bonds is 9. The number of hydrogen-bond acceptors (Lipinski definition) is 11. The van der Waals surface area contributed by atoms with Crippen molar-refractivity contribution in [3.8, 4) is 0 Å². The smallest absolute Gasteiger partial charge is 0.312 e. The fourth-order valence-electron chi connectivity index (χ4n) is 10.9. The van der Waals surface area contributed by atoms with Crippen LogP contribution in [0, 0.1) is 35.0 Å². The van der Waals surface area contributed by atoms with E-state index < -0.39 is 77.3 Å². The second-order valence-electron chi connectivity index (χ2n) is 19.7. The number of aliphatic hydroxyl groups is 2. The molecule has 0 spiro atoms. The molecule has 64 heavy (non-hydrogen) atoms. The molecule has 1 amide bonds. The van der Waals surface area contributed by atoms with E-state index in [1.165, 1.54) is 6.92 Å². The van der Waals surface area contributed by atoms with Gasteiger partial charge < -0.3 is 34.1 Å². The van der Waals surface area contributed by atoms with Crippen LogP contribution in [0.25, 0.3) is 6.08 Å². The molecule has 1 saturated carbocycles. The Morgan fingerprint density at radius 2 is 1.75 bits per heavy atom. The van der Waals surface area contributed by atoms with Crippen molar-refractivity contribution in [2.24, 2.45) is 40.0 Å². The molecule has 12 nitrogen and oxygen atoms in total. The highest BCUT2D eigenvalue weighted by atomic mass is 16.7. The summed E-state index contributed by atoms with van der Waals surface area (Å²) in [6.07, 6.45) is 8.10. The molecule has 2 N–H and O–H groups in total. The Balaban J connectivity index is 1.76. The van der Waals surface area contributed by atoms with Crippen molar-refractivity contribution in [3.63, 3.8) is 0 Å². The Hall–Kier alpha value is -4.07. The fraction of sp³-hybridized carbons (Fsp3) is 0.635. The maximum atomic E-state index is 14.7. The number of nitrogens with zero attached hydrogens (tertiary/aromatic N) is 3. The van der Waals surface area contributed by atoms with Gasteiger partial charge in [-0.05, 0) is 114 Å². The molecule has 1 aromatic heterocycles. The standard InChI is InChI=1S/C52H75N3O9/c1-12-43-52(9,60)41-24-23-39(21-16-20-38-18-14-13-15-19-38)25-26-51(8,30-32(2)45(34(41)4)54-37(7)56)48(64-50-46(58)42(55(10)11)28-33(3)61-50)35(5)47(36(6)49(59)62-43)63-44(57)29-40-22-17-27-53-31-40/h13-22,27,31-36,41-43,46-48,50,58,60H,12,23-26,28-30H2,1-11H3/b20-16+,39-21+,54-45?/t32-,33-,34-,35+,36-,41-,42+,43-,46-,47+,48-,50+,51-,52+/m1/s1. The highest BCUT2D eigenvalue weighted by Gasteiger charge is 2.52. The molecule has 0 unspecified atom stereocenters. The van der Waals surface area contributed by atoms with E-state index in [1.807, 2.05) is 64.9 Å². The number of esters is 2. The molecule has 0 radical (unpaired) electrons. The molecule has 3 fully saturated rings. The molecule has 2 aliphatic heterocycles. The van der Waals surface area contributed by atoms with Gasteiger partial charge in [0.05, 0.1) is 24.5 Å². The van der Waals surface area contributed by atoms with Gasteiger partial charge in [0.1, 0.15) is 23.9 Å². The van der Waals surface area contributed by atoms with Crippen LogP contribution in [0.15, 0.2) is 77.6 Å². The molecule has 3 aliphatic rings. The van der Waals surface area contributed by atoms with E-state index >= 15 is 0 Å². The van der Waals surface area contributed by atoms with Crippen LogP contribution in [0.1, 0.15) is 118 Å². The summed E-state index contributed by atoms with van der Waals surface area (Å²) in [5.74, 6) is -4.35. The SMILES string of the molecule is CC[C@H]1OC(=O)[C@H](C)[C@@H](OC(=O)Cc2cccnc2)[C@H](C)[C@@H](O[C@@H]2O[C@H](C)C[C@H](N(C)C)[C@H]2O)[C@]2(C)CC/C(=C/C=C/c3ccccc3)CC[C@H]([C@@H](C)C(=NC(C)=O)[C@H](C)C2)[C@]1(C)O. The molecule has 352 valence electrons. The van der Waals surface area contributed by atoms with E-state index in [1.54, 1.807) is 38.4 Å². The zero-order valence-corrected chi connectivity index (χ0v) is 40.1. The topological polar surface area (TPSA) is 157 Å². The molecule has 2 saturated heterocycles. The van der Waals surface area contributed by atoms with Crippen molar-refractivity contribution in [2.45, 2.75) is 162 Å². The van der Waals surface area contributed by atoms with Gasteiger partial charge in [-0.15, -0.1) is 0 Å². The van der Waals surface area contributed by atoms with Crippen LogP contribution < -0.4 is 0 Å². The van der Waals surface area contributed by atoms with Crippen molar-refractivity contribution in [1.82, 2.24) is 9.88 Å². The van der Waals surface area contributed by atoms with E-state index in [0.29, 0.717) is 56.2 Å². The van der Waals surface area contributed by atoms with E-state index in [-0.39, 0.29) is 30.4 Å². The molecule has 5 rings (SSSR count). The van der Waals surface area contributed by atoms with Gasteiger partial charge in [0, 0.05) is 42.9 Å². The lowest BCUT2D eigenvalue weighted by molar-refractivity contribution is -0.292. The van der Waals surface area contributed by atoms with Crippen molar-refractivity contribution in [3.05, 3.63) is 83.7 Å². The van der Waals surface area contributed by atoms with E-state index in [2.05, 4.69) is 49.2 Å². The first-order valence-electron chi connectivity index (χ1n) is 23.4. The van der Waals surface area contributed by atoms with Crippen LogP contribution in [0.2, 0.25) is 0 Å². The summed E-state index contributed by atoms with van der Waals surface area (Å²) in [5, 5.41) is 24.8. The van der Waals surface area contributed by atoms with Crippen molar-refractivity contribution in [2.75, 3.05) is 14.1 Å². The third-order valence-corrected chi connectivity index (χ3v) is 14.3. The maximum absolute atomic E-state index is 14.7. The number of pyridine rings is 1. The molecule has 3 heterocycles. The summed E-state index contributed by atoms with van der Waals surface area (Å²) in [6.45, 7) is 16.9. The molecule has 1 aliphatic carbocycles. The normalized spacial score (nSPS) is 37.1. The molecule has 14 atom stereocenters. The number of likely N-dealkylation sites (N-methyl/N-ethyl adjacent to an activating group) is 1. The maximum Gasteiger partial charge on any atom is 0.312 e. The Bertz CT molecular complexity index is 1950. The second-order valence-corrected chi connectivity index (χ2v) is 19.7. The minimum atomic E-state index is -1.55. The van der Waals surface area contributed by atoms with Crippen LogP contribution in [-0.2, 0) is 39.8 Å². The Morgan fingerprint density at radius 1 is 1.03 bits per heavy atom. The van der Waals surface area contributed by atoms with Gasteiger partial charge in [0.25, 0.3) is 0 Å². The highest BCUT2D eigenvalue weighted by molar-refractivity contribution is 5.97. The number of carbonyl (C=O) groups excluding carboxylic acids is 3. The Kier molecular flexibility index (Phi) is 17.8. The minimum Gasteiger partial charge on any atom is -0.461 e. The van der Waals surface area contributed by atoms with Gasteiger partial charge in [-0.2, -0.15) is 0 Å². The predicted molar refractivity (Wildman–Crippen MR) is 249 cm³/mol. The number of cyclic esters (lactones) is 1. The van der Waals surface area contributed by atoms with E-state index in [4.69, 9.17) is 23.9 Å². The van der Waals surface area contributed by atoms with Gasteiger partial charge in [-0.3, -0.25) is 19.4 Å². The first-order chi connectivity index (χ1) is 30.2. The number of aliphatic imine (C=N–C) groups is 1. The van der Waals surface area contributed by atoms with E-state index in [0.717, 1.165) is 11.1 Å². The van der Waals surface area contributed by atoms with Gasteiger partial charge >= 0.3 is 11.9 Å². The molecular weight excluding hydrogens is 811 g/mol. The number of allylic oxidation sites excluding steroid dienone is 3. The molecule has 2 bridgehead atoms. The summed E-state index contributed by atoms with van der Waals surface area (Å²) in [4.78, 5) is 52.7. The number of amides is 1. The van der Waals surface area contributed by atoms with Crippen LogP contribution in [0.3, 0.4) is 0 Å². The van der Waals surface area contributed by atoms with Crippen molar-refractivity contribution < 1.29 is 43.5 Å². The fourth-order valence-corrected chi connectivity index (χ4v) is 10.9. The lowest BCUT2D eigenvalue weighted by Crippen LogP contribution is -2.58.